The highest BCUT2D eigenvalue weighted by Gasteiger charge is 2.24. The van der Waals surface area contributed by atoms with Crippen LogP contribution in [0.25, 0.3) is 0 Å². The van der Waals surface area contributed by atoms with Gasteiger partial charge in [0.1, 0.15) is 33.6 Å². The van der Waals surface area contributed by atoms with Gasteiger partial charge in [0.2, 0.25) is 0 Å². The normalized spacial score (nSPS) is 13.5. The van der Waals surface area contributed by atoms with Crippen LogP contribution in [0.5, 0.6) is 11.5 Å². The molecule has 0 radical (unpaired) electrons. The number of aromatic nitrogens is 3. The van der Waals surface area contributed by atoms with Crippen molar-refractivity contribution in [3.05, 3.63) is 66.6 Å². The molecule has 0 unspecified atom stereocenters. The number of halogens is 3. The lowest BCUT2D eigenvalue weighted by Gasteiger charge is -2.27. The van der Waals surface area contributed by atoms with Crippen LogP contribution < -0.4 is 9.47 Å². The van der Waals surface area contributed by atoms with E-state index in [1.807, 2.05) is 18.2 Å². The third-order valence-corrected chi connectivity index (χ3v) is 8.28. The minimum absolute atomic E-state index is 0.120. The predicted molar refractivity (Wildman–Crippen MR) is 153 cm³/mol. The number of hydrogen-bond acceptors (Lipinski definition) is 6. The van der Waals surface area contributed by atoms with Gasteiger partial charge in [-0.3, -0.25) is 0 Å². The third kappa shape index (κ3) is 7.43. The maximum absolute atomic E-state index is 10.3. The average molecular weight is 722 g/mol. The van der Waals surface area contributed by atoms with Crippen molar-refractivity contribution in [3.63, 3.8) is 0 Å². The van der Waals surface area contributed by atoms with E-state index in [2.05, 4.69) is 101 Å². The van der Waals surface area contributed by atoms with Crippen molar-refractivity contribution in [3.8, 4) is 11.5 Å². The van der Waals surface area contributed by atoms with Gasteiger partial charge in [0.25, 0.3) is 0 Å². The van der Waals surface area contributed by atoms with Gasteiger partial charge in [-0.2, -0.15) is 0 Å². The molecule has 0 bridgehead atoms. The maximum atomic E-state index is 10.3. The van der Waals surface area contributed by atoms with Crippen LogP contribution in [-0.2, 0) is 18.6 Å². The molecule has 0 spiro atoms. The monoisotopic (exact) mass is 721 g/mol. The molecule has 3 rings (SSSR count). The van der Waals surface area contributed by atoms with Crippen LogP contribution in [-0.4, -0.2) is 50.4 Å². The van der Waals surface area contributed by atoms with E-state index in [0.717, 1.165) is 14.9 Å². The van der Waals surface area contributed by atoms with Gasteiger partial charge < -0.3 is 19.7 Å². The zero-order chi connectivity index (χ0) is 25.6. The zero-order valence-corrected chi connectivity index (χ0v) is 25.0. The fourth-order valence-corrected chi connectivity index (χ4v) is 4.75. The minimum Gasteiger partial charge on any atom is -0.492 e. The van der Waals surface area contributed by atoms with Crippen molar-refractivity contribution in [2.24, 2.45) is 5.92 Å². The Kier molecular flexibility index (Phi) is 10.5. The molecule has 3 aromatic rings. The summed E-state index contributed by atoms with van der Waals surface area (Å²) in [5, 5.41) is 27.4. The topological polar surface area (TPSA) is 89.6 Å². The Morgan fingerprint density at radius 3 is 2.40 bits per heavy atom. The first-order valence-corrected chi connectivity index (χ1v) is 13.9. The van der Waals surface area contributed by atoms with Crippen molar-refractivity contribution in [1.82, 2.24) is 15.0 Å². The van der Waals surface area contributed by atoms with E-state index in [1.165, 1.54) is 5.56 Å². The lowest BCUT2D eigenvalue weighted by molar-refractivity contribution is 0.0881. The summed E-state index contributed by atoms with van der Waals surface area (Å²) in [5.41, 5.74) is 2.62. The number of ether oxygens (including phenoxy) is 2. The third-order valence-electron chi connectivity index (χ3n) is 5.73. The molecular formula is C25H30ClI2N3O4. The molecule has 7 nitrogen and oxygen atoms in total. The number of hydrogen-bond donors (Lipinski definition) is 2. The Hall–Kier alpha value is -1.15. The summed E-state index contributed by atoms with van der Waals surface area (Å²) in [6.07, 6.45) is -0.761. The molecule has 0 aliphatic heterocycles. The van der Waals surface area contributed by atoms with Crippen molar-refractivity contribution >= 4 is 56.8 Å². The van der Waals surface area contributed by atoms with E-state index < -0.39 is 6.10 Å². The number of benzene rings is 2. The van der Waals surface area contributed by atoms with Crippen LogP contribution >= 0.6 is 56.8 Å². The molecule has 0 saturated heterocycles. The second-order valence-electron chi connectivity index (χ2n) is 9.00. The Balaban J connectivity index is 1.60. The summed E-state index contributed by atoms with van der Waals surface area (Å²) in [7, 11) is 0. The largest absolute Gasteiger partial charge is 0.492 e. The lowest BCUT2D eigenvalue weighted by Crippen LogP contribution is -2.25. The highest BCUT2D eigenvalue weighted by atomic mass is 127. The van der Waals surface area contributed by atoms with Crippen molar-refractivity contribution in [2.45, 2.75) is 45.4 Å². The smallest absolute Gasteiger partial charge is 0.132 e. The van der Waals surface area contributed by atoms with Gasteiger partial charge in [-0.1, -0.05) is 44.2 Å². The Morgan fingerprint density at radius 1 is 1.11 bits per heavy atom. The Bertz CT molecular complexity index is 1110. The first-order chi connectivity index (χ1) is 16.6. The molecule has 0 saturated carbocycles. The van der Waals surface area contributed by atoms with Crippen LogP contribution in [0.1, 0.15) is 37.6 Å². The van der Waals surface area contributed by atoms with Gasteiger partial charge in [0, 0.05) is 17.2 Å². The summed E-state index contributed by atoms with van der Waals surface area (Å²) >= 11 is 10.3. The first kappa shape index (κ1) is 28.4. The lowest BCUT2D eigenvalue weighted by atomic mass is 9.78. The summed E-state index contributed by atoms with van der Waals surface area (Å²) < 4.78 is 15.0. The summed E-state index contributed by atoms with van der Waals surface area (Å²) in [6, 6.07) is 14.2. The van der Waals surface area contributed by atoms with Crippen LogP contribution in [0.2, 0.25) is 0 Å². The number of alkyl halides is 1. The molecule has 0 aliphatic carbocycles. The Morgan fingerprint density at radius 2 is 1.80 bits per heavy atom. The van der Waals surface area contributed by atoms with Crippen LogP contribution in [0, 0.1) is 13.2 Å². The van der Waals surface area contributed by atoms with E-state index >= 15 is 0 Å². The van der Waals surface area contributed by atoms with E-state index in [4.69, 9.17) is 21.1 Å². The number of nitrogens with zero attached hydrogens (tertiary/aromatic N) is 3. The molecule has 35 heavy (non-hydrogen) atoms. The molecule has 2 N–H and O–H groups in total. The van der Waals surface area contributed by atoms with E-state index in [9.17, 15) is 10.2 Å². The van der Waals surface area contributed by atoms with Crippen molar-refractivity contribution in [1.29, 1.82) is 0 Å². The molecule has 1 aromatic heterocycles. The first-order valence-electron chi connectivity index (χ1n) is 11.2. The molecule has 190 valence electrons. The van der Waals surface area contributed by atoms with Gasteiger partial charge >= 0.3 is 0 Å². The summed E-state index contributed by atoms with van der Waals surface area (Å²) in [4.78, 5) is 0. The Labute approximate surface area is 238 Å². The zero-order valence-electron chi connectivity index (χ0n) is 19.9. The van der Waals surface area contributed by atoms with Gasteiger partial charge in [-0.05, 0) is 80.6 Å². The van der Waals surface area contributed by atoms with E-state index in [0.29, 0.717) is 33.5 Å². The van der Waals surface area contributed by atoms with E-state index in [-0.39, 0.29) is 25.2 Å². The fraction of sp³-hybridized carbons (Fsp3) is 0.440. The second kappa shape index (κ2) is 12.9. The van der Waals surface area contributed by atoms with Crippen LogP contribution in [0.15, 0.2) is 42.5 Å². The highest BCUT2D eigenvalue weighted by Crippen LogP contribution is 2.35. The molecule has 0 fully saturated rings. The highest BCUT2D eigenvalue weighted by molar-refractivity contribution is 14.1. The molecular weight excluding hydrogens is 692 g/mol. The quantitative estimate of drug-likeness (QED) is 0.202. The van der Waals surface area contributed by atoms with Crippen molar-refractivity contribution < 1.29 is 19.7 Å². The average Bonchev–Trinajstić information content (AvgIpc) is 3.20. The molecule has 0 aliphatic rings. The maximum Gasteiger partial charge on any atom is 0.132 e. The van der Waals surface area contributed by atoms with Crippen LogP contribution in [0.4, 0.5) is 0 Å². The van der Waals surface area contributed by atoms with Gasteiger partial charge in [-0.25, -0.2) is 4.68 Å². The van der Waals surface area contributed by atoms with E-state index in [1.54, 1.807) is 4.68 Å². The predicted octanol–water partition coefficient (Wildman–Crippen LogP) is 5.00. The van der Waals surface area contributed by atoms with Crippen molar-refractivity contribution in [2.75, 3.05) is 19.1 Å². The molecule has 2 aromatic carbocycles. The molecule has 10 heteroatoms. The SMILES string of the molecule is C[C@H](CCl)COc1ccc(C(C)(C)c2ccc(OC[C@@H](O)Cn3nnc(CO)c3I)cc2)cc1[123I]. The summed E-state index contributed by atoms with van der Waals surface area (Å²) in [5.74, 6) is 2.43. The fourth-order valence-electron chi connectivity index (χ4n) is 3.41. The molecule has 0 amide bonds. The summed E-state index contributed by atoms with van der Waals surface area (Å²) in [6.45, 7) is 7.22. The number of aliphatic hydroxyl groups is 2. The second-order valence-corrected chi connectivity index (χ2v) is 11.5. The van der Waals surface area contributed by atoms with Crippen LogP contribution in [0.3, 0.4) is 0 Å². The van der Waals surface area contributed by atoms with Gasteiger partial charge in [0.15, 0.2) is 0 Å². The number of aliphatic hydroxyl groups excluding tert-OH is 2. The molecule has 1 heterocycles. The minimum atomic E-state index is -0.761. The van der Waals surface area contributed by atoms with Gasteiger partial charge in [0.05, 0.1) is 23.3 Å². The number of rotatable bonds is 12. The molecule has 2 atom stereocenters. The standard InChI is InChI=1S/C25H30ClI2N3O4/c1-16(11-26)14-35-23-9-6-18(10-21(23)27)25(2,3)17-4-7-20(8-5-17)34-15-19(33)12-31-24(28)22(13-32)29-30-31/h4-10,16,19,32-33H,11-15H2,1-3H3/t16-,19+/m1/s1/i27-4. The van der Waals surface area contributed by atoms with Gasteiger partial charge in [-0.15, -0.1) is 16.7 Å².